The van der Waals surface area contributed by atoms with Gasteiger partial charge in [0.2, 0.25) is 0 Å². The van der Waals surface area contributed by atoms with Crippen LogP contribution in [0.1, 0.15) is 15.9 Å². The first-order valence-corrected chi connectivity index (χ1v) is 6.40. The molecule has 19 heavy (non-hydrogen) atoms. The number of hydrogen-bond donors (Lipinski definition) is 0. The topological polar surface area (TPSA) is 50.1 Å². The van der Waals surface area contributed by atoms with Gasteiger partial charge in [-0.15, -0.1) is 0 Å². The standard InChI is InChI=1S/C15H10BrNO2/c16-13-6-4-12(5-7-13)15(18)10-19-14-3-1-2-11(8-14)9-17/h1-8H,10H2. The molecule has 0 amide bonds. The van der Waals surface area contributed by atoms with Gasteiger partial charge in [-0.05, 0) is 30.3 Å². The molecule has 0 saturated heterocycles. The Morgan fingerprint density at radius 2 is 1.95 bits per heavy atom. The van der Waals surface area contributed by atoms with Crippen molar-refractivity contribution in [3.8, 4) is 11.8 Å². The number of carbonyl (C=O) groups excluding carboxylic acids is 1. The van der Waals surface area contributed by atoms with Gasteiger partial charge in [-0.3, -0.25) is 4.79 Å². The molecule has 0 spiro atoms. The molecule has 0 N–H and O–H groups in total. The summed E-state index contributed by atoms with van der Waals surface area (Å²) < 4.78 is 6.31. The smallest absolute Gasteiger partial charge is 0.200 e. The molecule has 94 valence electrons. The molecular weight excluding hydrogens is 306 g/mol. The van der Waals surface area contributed by atoms with Crippen LogP contribution >= 0.6 is 15.9 Å². The molecule has 2 rings (SSSR count). The van der Waals surface area contributed by atoms with Gasteiger partial charge in [0.1, 0.15) is 5.75 Å². The van der Waals surface area contributed by atoms with Gasteiger partial charge in [-0.25, -0.2) is 0 Å². The maximum absolute atomic E-state index is 11.9. The number of hydrogen-bond acceptors (Lipinski definition) is 3. The Labute approximate surface area is 119 Å². The van der Waals surface area contributed by atoms with Gasteiger partial charge < -0.3 is 4.74 Å². The predicted octanol–water partition coefficient (Wildman–Crippen LogP) is 3.58. The molecule has 0 aliphatic heterocycles. The van der Waals surface area contributed by atoms with E-state index in [2.05, 4.69) is 15.9 Å². The number of carbonyl (C=O) groups is 1. The summed E-state index contributed by atoms with van der Waals surface area (Å²) in [6, 6.07) is 15.8. The molecule has 4 heteroatoms. The summed E-state index contributed by atoms with van der Waals surface area (Å²) in [5, 5.41) is 8.77. The second kappa shape index (κ2) is 6.17. The molecule has 2 aromatic carbocycles. The van der Waals surface area contributed by atoms with Crippen molar-refractivity contribution in [2.45, 2.75) is 0 Å². The molecule has 0 aliphatic rings. The van der Waals surface area contributed by atoms with Crippen molar-refractivity contribution in [1.82, 2.24) is 0 Å². The van der Waals surface area contributed by atoms with E-state index in [1.54, 1.807) is 36.4 Å². The molecular formula is C15H10BrNO2. The van der Waals surface area contributed by atoms with Crippen LogP contribution in [0.4, 0.5) is 0 Å². The Kier molecular flexibility index (Phi) is 4.32. The van der Waals surface area contributed by atoms with E-state index >= 15 is 0 Å². The Hall–Kier alpha value is -2.12. The fourth-order valence-electron chi connectivity index (χ4n) is 1.52. The van der Waals surface area contributed by atoms with Gasteiger partial charge in [0.05, 0.1) is 11.6 Å². The second-order valence-electron chi connectivity index (χ2n) is 3.86. The number of benzene rings is 2. The maximum Gasteiger partial charge on any atom is 0.200 e. The van der Waals surface area contributed by atoms with Gasteiger partial charge in [0.25, 0.3) is 0 Å². The number of rotatable bonds is 4. The van der Waals surface area contributed by atoms with Crippen molar-refractivity contribution >= 4 is 21.7 Å². The quantitative estimate of drug-likeness (QED) is 0.810. The zero-order valence-corrected chi connectivity index (χ0v) is 11.6. The van der Waals surface area contributed by atoms with Gasteiger partial charge in [-0.1, -0.05) is 34.1 Å². The average molecular weight is 316 g/mol. The molecule has 0 aliphatic carbocycles. The van der Waals surface area contributed by atoms with Crippen molar-refractivity contribution in [2.75, 3.05) is 6.61 Å². The third-order valence-electron chi connectivity index (χ3n) is 2.50. The lowest BCUT2D eigenvalue weighted by Crippen LogP contribution is -2.11. The number of nitrogens with zero attached hydrogens (tertiary/aromatic N) is 1. The van der Waals surface area contributed by atoms with Gasteiger partial charge in [0, 0.05) is 10.0 Å². The lowest BCUT2D eigenvalue weighted by molar-refractivity contribution is 0.0921. The van der Waals surface area contributed by atoms with Crippen molar-refractivity contribution in [2.24, 2.45) is 0 Å². The fourth-order valence-corrected chi connectivity index (χ4v) is 1.79. The molecule has 0 atom stereocenters. The first kappa shape index (κ1) is 13.3. The Morgan fingerprint density at radius 1 is 1.21 bits per heavy atom. The minimum Gasteiger partial charge on any atom is -0.485 e. The van der Waals surface area contributed by atoms with E-state index in [0.29, 0.717) is 16.9 Å². The third-order valence-corrected chi connectivity index (χ3v) is 3.03. The molecule has 0 bridgehead atoms. The highest BCUT2D eigenvalue weighted by Gasteiger charge is 2.06. The number of nitriles is 1. The first-order chi connectivity index (χ1) is 9.19. The van der Waals surface area contributed by atoms with E-state index in [4.69, 9.17) is 10.00 Å². The van der Waals surface area contributed by atoms with Crippen LogP contribution in [0.15, 0.2) is 53.0 Å². The Bertz CT molecular complexity index is 629. The van der Waals surface area contributed by atoms with E-state index in [9.17, 15) is 4.79 Å². The molecule has 0 aromatic heterocycles. The van der Waals surface area contributed by atoms with Gasteiger partial charge in [-0.2, -0.15) is 5.26 Å². The van der Waals surface area contributed by atoms with Crippen LogP contribution in [0.3, 0.4) is 0 Å². The van der Waals surface area contributed by atoms with Crippen LogP contribution < -0.4 is 4.74 Å². The van der Waals surface area contributed by atoms with Gasteiger partial charge >= 0.3 is 0 Å². The Balaban J connectivity index is 2.00. The largest absolute Gasteiger partial charge is 0.485 e. The van der Waals surface area contributed by atoms with E-state index in [0.717, 1.165) is 4.47 Å². The highest BCUT2D eigenvalue weighted by Crippen LogP contribution is 2.14. The van der Waals surface area contributed by atoms with Crippen LogP contribution in [0.2, 0.25) is 0 Å². The highest BCUT2D eigenvalue weighted by molar-refractivity contribution is 9.10. The minimum absolute atomic E-state index is 0.0451. The van der Waals surface area contributed by atoms with Crippen molar-refractivity contribution in [3.05, 3.63) is 64.1 Å². The molecule has 0 fully saturated rings. The lowest BCUT2D eigenvalue weighted by atomic mass is 10.1. The summed E-state index contributed by atoms with van der Waals surface area (Å²) in [7, 11) is 0. The number of Topliss-reactive ketones (excluding diaryl/α,β-unsaturated/α-hetero) is 1. The average Bonchev–Trinajstić information content (AvgIpc) is 2.46. The number of ether oxygens (including phenoxy) is 1. The summed E-state index contributed by atoms with van der Waals surface area (Å²) in [6.45, 7) is -0.0451. The Morgan fingerprint density at radius 3 is 2.63 bits per heavy atom. The third kappa shape index (κ3) is 3.67. The van der Waals surface area contributed by atoms with Crippen LogP contribution in [0.25, 0.3) is 0 Å². The van der Waals surface area contributed by atoms with Crippen LogP contribution in [-0.4, -0.2) is 12.4 Å². The maximum atomic E-state index is 11.9. The molecule has 3 nitrogen and oxygen atoms in total. The number of ketones is 1. The first-order valence-electron chi connectivity index (χ1n) is 5.61. The van der Waals surface area contributed by atoms with Gasteiger partial charge in [0.15, 0.2) is 12.4 Å². The van der Waals surface area contributed by atoms with E-state index < -0.39 is 0 Å². The number of halogens is 1. The van der Waals surface area contributed by atoms with Crippen molar-refractivity contribution in [1.29, 1.82) is 5.26 Å². The normalized spacial score (nSPS) is 9.68. The zero-order valence-electron chi connectivity index (χ0n) is 9.97. The molecule has 0 unspecified atom stereocenters. The fraction of sp³-hybridized carbons (Fsp3) is 0.0667. The van der Waals surface area contributed by atoms with Crippen molar-refractivity contribution in [3.63, 3.8) is 0 Å². The lowest BCUT2D eigenvalue weighted by Gasteiger charge is -2.05. The minimum atomic E-state index is -0.102. The molecule has 0 heterocycles. The summed E-state index contributed by atoms with van der Waals surface area (Å²) >= 11 is 3.31. The van der Waals surface area contributed by atoms with Crippen molar-refractivity contribution < 1.29 is 9.53 Å². The molecule has 0 radical (unpaired) electrons. The van der Waals surface area contributed by atoms with Crippen LogP contribution in [-0.2, 0) is 0 Å². The molecule has 0 saturated carbocycles. The van der Waals surface area contributed by atoms with E-state index in [1.807, 2.05) is 18.2 Å². The predicted molar refractivity (Wildman–Crippen MR) is 75.1 cm³/mol. The summed E-state index contributed by atoms with van der Waals surface area (Å²) in [5.41, 5.74) is 1.10. The zero-order chi connectivity index (χ0) is 13.7. The second-order valence-corrected chi connectivity index (χ2v) is 4.77. The monoisotopic (exact) mass is 315 g/mol. The van der Waals surface area contributed by atoms with Crippen LogP contribution in [0, 0.1) is 11.3 Å². The van der Waals surface area contributed by atoms with E-state index in [-0.39, 0.29) is 12.4 Å². The summed E-state index contributed by atoms with van der Waals surface area (Å²) in [4.78, 5) is 11.9. The van der Waals surface area contributed by atoms with Crippen LogP contribution in [0.5, 0.6) is 5.75 Å². The molecule has 2 aromatic rings. The summed E-state index contributed by atoms with van der Waals surface area (Å²) in [5.74, 6) is 0.416. The van der Waals surface area contributed by atoms with E-state index in [1.165, 1.54) is 0 Å². The summed E-state index contributed by atoms with van der Waals surface area (Å²) in [6.07, 6.45) is 0. The SMILES string of the molecule is N#Cc1cccc(OCC(=O)c2ccc(Br)cc2)c1. The highest BCUT2D eigenvalue weighted by atomic mass is 79.9.